The molecule has 1 unspecified atom stereocenters. The number of carbonyl (C=O) groups excluding carboxylic acids is 1. The van der Waals surface area contributed by atoms with Crippen molar-refractivity contribution in [1.82, 2.24) is 14.8 Å². The Kier molecular flexibility index (Phi) is 6.71. The molecule has 1 amide bonds. The Hall–Kier alpha value is -2.67. The van der Waals surface area contributed by atoms with Crippen molar-refractivity contribution in [3.05, 3.63) is 48.2 Å². The molecule has 0 radical (unpaired) electrons. The maximum absolute atomic E-state index is 12.7. The molecule has 0 aliphatic rings. The van der Waals surface area contributed by atoms with E-state index >= 15 is 0 Å². The second-order valence-electron chi connectivity index (χ2n) is 5.34. The molecule has 0 saturated carbocycles. The van der Waals surface area contributed by atoms with Crippen LogP contribution in [0.5, 0.6) is 0 Å². The van der Waals surface area contributed by atoms with Crippen LogP contribution in [0.1, 0.15) is 13.8 Å². The van der Waals surface area contributed by atoms with E-state index in [1.165, 1.54) is 6.20 Å². The molecular formula is C17H21ClN6O. The number of halogens is 1. The van der Waals surface area contributed by atoms with Crippen molar-refractivity contribution in [3.63, 3.8) is 0 Å². The van der Waals surface area contributed by atoms with Crippen LogP contribution in [0, 0.1) is 5.92 Å². The van der Waals surface area contributed by atoms with Crippen molar-refractivity contribution in [2.24, 2.45) is 16.6 Å². The van der Waals surface area contributed by atoms with Crippen LogP contribution >= 0.6 is 11.6 Å². The normalized spacial score (nSPS) is 12.8. The molecule has 0 aliphatic heterocycles. The number of rotatable bonds is 7. The molecule has 25 heavy (non-hydrogen) atoms. The van der Waals surface area contributed by atoms with Crippen molar-refractivity contribution in [1.29, 1.82) is 0 Å². The highest BCUT2D eigenvalue weighted by Gasteiger charge is 2.24. The van der Waals surface area contributed by atoms with Crippen molar-refractivity contribution in [2.75, 3.05) is 18.0 Å². The lowest BCUT2D eigenvalue weighted by atomic mass is 10.1. The molecule has 0 spiro atoms. The number of carbonyl (C=O) groups is 1. The monoisotopic (exact) mass is 360 g/mol. The average Bonchev–Trinajstić information content (AvgIpc) is 3.01. The van der Waals surface area contributed by atoms with Crippen LogP contribution in [0.4, 0.5) is 5.69 Å². The fourth-order valence-electron chi connectivity index (χ4n) is 2.26. The highest BCUT2D eigenvalue weighted by molar-refractivity contribution is 6.32. The van der Waals surface area contributed by atoms with Gasteiger partial charge in [-0.25, -0.2) is 4.68 Å². The minimum Gasteiger partial charge on any atom is -0.405 e. The van der Waals surface area contributed by atoms with Crippen LogP contribution in [0.3, 0.4) is 0 Å². The van der Waals surface area contributed by atoms with Gasteiger partial charge in [0.05, 0.1) is 30.5 Å². The second-order valence-corrected chi connectivity index (χ2v) is 5.70. The number of anilines is 1. The molecule has 2 rings (SSSR count). The van der Waals surface area contributed by atoms with Crippen molar-refractivity contribution < 1.29 is 4.79 Å². The van der Waals surface area contributed by atoms with Crippen LogP contribution in [-0.4, -0.2) is 40.0 Å². The SMILES string of the molecule is CCN(C(=O)C(C)CN=C/C=C\N)c1cn(-c2cccnc2)nc1Cl. The maximum atomic E-state index is 12.7. The van der Waals surface area contributed by atoms with E-state index in [0.29, 0.717) is 18.8 Å². The Balaban J connectivity index is 2.20. The van der Waals surface area contributed by atoms with Gasteiger partial charge < -0.3 is 10.6 Å². The summed E-state index contributed by atoms with van der Waals surface area (Å²) in [6.45, 7) is 4.57. The molecule has 0 fully saturated rings. The molecule has 0 bridgehead atoms. The van der Waals surface area contributed by atoms with Gasteiger partial charge in [-0.3, -0.25) is 14.8 Å². The summed E-state index contributed by atoms with van der Waals surface area (Å²) < 4.78 is 1.61. The number of aliphatic imine (C=N–C) groups is 1. The molecule has 0 aromatic carbocycles. The van der Waals surface area contributed by atoms with Crippen LogP contribution < -0.4 is 10.6 Å². The van der Waals surface area contributed by atoms with E-state index in [4.69, 9.17) is 17.3 Å². The lowest BCUT2D eigenvalue weighted by molar-refractivity contribution is -0.121. The molecule has 0 saturated heterocycles. The predicted octanol–water partition coefficient (Wildman–Crippen LogP) is 2.45. The van der Waals surface area contributed by atoms with E-state index in [0.717, 1.165) is 5.69 Å². The van der Waals surface area contributed by atoms with Gasteiger partial charge in [-0.1, -0.05) is 18.5 Å². The number of hydrogen-bond donors (Lipinski definition) is 1. The van der Waals surface area contributed by atoms with Crippen LogP contribution in [0.25, 0.3) is 5.69 Å². The molecule has 2 aromatic heterocycles. The largest absolute Gasteiger partial charge is 0.405 e. The predicted molar refractivity (Wildman–Crippen MR) is 100 cm³/mol. The zero-order valence-electron chi connectivity index (χ0n) is 14.2. The summed E-state index contributed by atoms with van der Waals surface area (Å²) in [5, 5.41) is 4.54. The van der Waals surface area contributed by atoms with E-state index < -0.39 is 0 Å². The lowest BCUT2D eigenvalue weighted by Gasteiger charge is -2.22. The van der Waals surface area contributed by atoms with Crippen LogP contribution in [0.15, 0.2) is 48.0 Å². The molecule has 1 atom stereocenters. The summed E-state index contributed by atoms with van der Waals surface area (Å²) in [4.78, 5) is 22.6. The minimum atomic E-state index is -0.291. The molecule has 2 heterocycles. The third-order valence-electron chi connectivity index (χ3n) is 3.54. The zero-order chi connectivity index (χ0) is 18.2. The first-order valence-corrected chi connectivity index (χ1v) is 8.29. The summed E-state index contributed by atoms with van der Waals surface area (Å²) in [5.41, 5.74) is 6.58. The standard InChI is InChI=1S/C17H21ClN6O/c1-3-23(17(25)13(2)10-20-9-5-7-19)15-12-24(22-16(15)18)14-6-4-8-21-11-14/h4-9,11-13H,3,10,19H2,1-2H3/b7-5-,20-9?. The number of amides is 1. The van der Waals surface area contributed by atoms with Crippen molar-refractivity contribution in [3.8, 4) is 5.69 Å². The fourth-order valence-corrected chi connectivity index (χ4v) is 2.50. The summed E-state index contributed by atoms with van der Waals surface area (Å²) in [7, 11) is 0. The number of pyridine rings is 1. The van der Waals surface area contributed by atoms with Gasteiger partial charge in [0.2, 0.25) is 5.91 Å². The average molecular weight is 361 g/mol. The Morgan fingerprint density at radius 2 is 2.36 bits per heavy atom. The van der Waals surface area contributed by atoms with E-state index in [1.54, 1.807) is 40.5 Å². The Labute approximate surface area is 151 Å². The molecule has 8 heteroatoms. The van der Waals surface area contributed by atoms with Gasteiger partial charge in [0.1, 0.15) is 5.69 Å². The van der Waals surface area contributed by atoms with Crippen LogP contribution in [-0.2, 0) is 4.79 Å². The Morgan fingerprint density at radius 1 is 1.56 bits per heavy atom. The van der Waals surface area contributed by atoms with E-state index in [9.17, 15) is 4.79 Å². The molecular weight excluding hydrogens is 340 g/mol. The van der Waals surface area contributed by atoms with Crippen molar-refractivity contribution >= 4 is 29.4 Å². The second kappa shape index (κ2) is 8.98. The molecule has 7 nitrogen and oxygen atoms in total. The summed E-state index contributed by atoms with van der Waals surface area (Å²) in [5.74, 6) is -0.357. The first kappa shape index (κ1) is 18.7. The maximum Gasteiger partial charge on any atom is 0.231 e. The topological polar surface area (TPSA) is 89.4 Å². The van der Waals surface area contributed by atoms with Gasteiger partial charge >= 0.3 is 0 Å². The summed E-state index contributed by atoms with van der Waals surface area (Å²) >= 11 is 6.26. The van der Waals surface area contributed by atoms with Gasteiger partial charge in [0.25, 0.3) is 0 Å². The third kappa shape index (κ3) is 4.67. The van der Waals surface area contributed by atoms with Gasteiger partial charge in [-0.05, 0) is 31.3 Å². The highest BCUT2D eigenvalue weighted by Crippen LogP contribution is 2.27. The van der Waals surface area contributed by atoms with E-state index in [1.807, 2.05) is 26.0 Å². The molecule has 132 valence electrons. The van der Waals surface area contributed by atoms with Gasteiger partial charge in [-0.15, -0.1) is 0 Å². The quantitative estimate of drug-likeness (QED) is 0.768. The smallest absolute Gasteiger partial charge is 0.231 e. The number of nitrogens with zero attached hydrogens (tertiary/aromatic N) is 5. The first-order chi connectivity index (χ1) is 12.1. The first-order valence-electron chi connectivity index (χ1n) is 7.92. The third-order valence-corrected chi connectivity index (χ3v) is 3.81. The van der Waals surface area contributed by atoms with Gasteiger partial charge in [-0.2, -0.15) is 5.10 Å². The highest BCUT2D eigenvalue weighted by atomic mass is 35.5. The Bertz CT molecular complexity index is 756. The minimum absolute atomic E-state index is 0.0657. The van der Waals surface area contributed by atoms with Gasteiger partial charge in [0, 0.05) is 19.0 Å². The molecule has 0 aliphatic carbocycles. The molecule has 2 N–H and O–H groups in total. The van der Waals surface area contributed by atoms with E-state index in [2.05, 4.69) is 15.1 Å². The summed E-state index contributed by atoms with van der Waals surface area (Å²) in [6.07, 6.45) is 9.67. The zero-order valence-corrected chi connectivity index (χ0v) is 15.0. The van der Waals surface area contributed by atoms with Crippen LogP contribution in [0.2, 0.25) is 5.15 Å². The molecule has 2 aromatic rings. The van der Waals surface area contributed by atoms with Gasteiger partial charge in [0.15, 0.2) is 5.15 Å². The number of nitrogens with two attached hydrogens (primary N) is 1. The fraction of sp³-hybridized carbons (Fsp3) is 0.294. The number of hydrogen-bond acceptors (Lipinski definition) is 5. The lowest BCUT2D eigenvalue weighted by Crippen LogP contribution is -2.36. The number of aromatic nitrogens is 3. The summed E-state index contributed by atoms with van der Waals surface area (Å²) in [6, 6.07) is 3.67. The Morgan fingerprint density at radius 3 is 3.00 bits per heavy atom. The van der Waals surface area contributed by atoms with Crippen molar-refractivity contribution in [2.45, 2.75) is 13.8 Å². The van der Waals surface area contributed by atoms with E-state index in [-0.39, 0.29) is 17.0 Å². The number of allylic oxidation sites excluding steroid dienone is 1.